The Morgan fingerprint density at radius 1 is 1.32 bits per heavy atom. The van der Waals surface area contributed by atoms with Crippen LogP contribution in [0.15, 0.2) is 53.5 Å². The highest BCUT2D eigenvalue weighted by atomic mass is 16.3. The molecule has 2 heterocycles. The third kappa shape index (κ3) is 2.25. The lowest BCUT2D eigenvalue weighted by molar-refractivity contribution is 0.0785. The van der Waals surface area contributed by atoms with Crippen LogP contribution in [-0.2, 0) is 6.54 Å². The van der Waals surface area contributed by atoms with Crippen LogP contribution in [0.5, 0.6) is 0 Å². The number of amides is 1. The maximum atomic E-state index is 12.3. The van der Waals surface area contributed by atoms with Crippen LogP contribution < -0.4 is 0 Å². The fraction of sp³-hybridized carbons (Fsp3) is 0.133. The standard InChI is InChI=1S/C15H14N2O2/c1-17(9-11-5-7-19-10-11)15(18)13-3-2-12-4-6-16-14(12)8-13/h2-8,10,16H,9H2,1H3. The molecule has 0 atom stereocenters. The molecule has 0 bridgehead atoms. The minimum Gasteiger partial charge on any atom is -0.472 e. The van der Waals surface area contributed by atoms with Gasteiger partial charge in [-0.15, -0.1) is 0 Å². The maximum absolute atomic E-state index is 12.3. The molecule has 0 unspecified atom stereocenters. The molecular weight excluding hydrogens is 240 g/mol. The fourth-order valence-corrected chi connectivity index (χ4v) is 2.13. The van der Waals surface area contributed by atoms with E-state index in [9.17, 15) is 4.79 Å². The van der Waals surface area contributed by atoms with E-state index in [0.29, 0.717) is 12.1 Å². The van der Waals surface area contributed by atoms with Crippen molar-refractivity contribution < 1.29 is 9.21 Å². The van der Waals surface area contributed by atoms with Gasteiger partial charge in [0.2, 0.25) is 0 Å². The van der Waals surface area contributed by atoms with Gasteiger partial charge in [0.1, 0.15) is 0 Å². The molecule has 4 nitrogen and oxygen atoms in total. The lowest BCUT2D eigenvalue weighted by atomic mass is 10.1. The molecule has 2 aromatic heterocycles. The Morgan fingerprint density at radius 2 is 2.21 bits per heavy atom. The summed E-state index contributed by atoms with van der Waals surface area (Å²) in [5, 5.41) is 1.11. The van der Waals surface area contributed by atoms with Crippen molar-refractivity contribution in [1.82, 2.24) is 9.88 Å². The molecule has 0 aliphatic carbocycles. The topological polar surface area (TPSA) is 49.2 Å². The van der Waals surface area contributed by atoms with Gasteiger partial charge in [-0.05, 0) is 29.7 Å². The minimum absolute atomic E-state index is 0.00213. The highest BCUT2D eigenvalue weighted by Crippen LogP contribution is 2.16. The Morgan fingerprint density at radius 3 is 3.00 bits per heavy atom. The van der Waals surface area contributed by atoms with Crippen molar-refractivity contribution in [3.8, 4) is 0 Å². The number of hydrogen-bond acceptors (Lipinski definition) is 2. The lowest BCUT2D eigenvalue weighted by Crippen LogP contribution is -2.25. The van der Waals surface area contributed by atoms with Crippen LogP contribution in [0.4, 0.5) is 0 Å². The summed E-state index contributed by atoms with van der Waals surface area (Å²) in [6.07, 6.45) is 5.13. The number of hydrogen-bond donors (Lipinski definition) is 1. The lowest BCUT2D eigenvalue weighted by Gasteiger charge is -2.16. The van der Waals surface area contributed by atoms with Crippen LogP contribution in [0.3, 0.4) is 0 Å². The summed E-state index contributed by atoms with van der Waals surface area (Å²) < 4.78 is 5.01. The molecule has 1 aromatic carbocycles. The summed E-state index contributed by atoms with van der Waals surface area (Å²) in [4.78, 5) is 17.1. The molecule has 0 saturated carbocycles. The summed E-state index contributed by atoms with van der Waals surface area (Å²) in [5.74, 6) is -0.00213. The van der Waals surface area contributed by atoms with Crippen molar-refractivity contribution in [1.29, 1.82) is 0 Å². The Kier molecular flexibility index (Phi) is 2.83. The van der Waals surface area contributed by atoms with E-state index in [1.807, 2.05) is 36.5 Å². The number of rotatable bonds is 3. The van der Waals surface area contributed by atoms with Gasteiger partial charge in [-0.3, -0.25) is 4.79 Å². The fourth-order valence-electron chi connectivity index (χ4n) is 2.13. The molecule has 0 spiro atoms. The Bertz CT molecular complexity index is 698. The van der Waals surface area contributed by atoms with Crippen molar-refractivity contribution >= 4 is 16.8 Å². The average Bonchev–Trinajstić information content (AvgIpc) is 3.07. The van der Waals surface area contributed by atoms with Gasteiger partial charge in [-0.25, -0.2) is 0 Å². The predicted molar refractivity (Wildman–Crippen MR) is 72.8 cm³/mol. The van der Waals surface area contributed by atoms with Crippen molar-refractivity contribution in [2.75, 3.05) is 7.05 Å². The molecular formula is C15H14N2O2. The molecule has 0 radical (unpaired) electrons. The smallest absolute Gasteiger partial charge is 0.253 e. The van der Waals surface area contributed by atoms with E-state index in [1.165, 1.54) is 0 Å². The summed E-state index contributed by atoms with van der Waals surface area (Å²) in [7, 11) is 1.79. The average molecular weight is 254 g/mol. The van der Waals surface area contributed by atoms with Crippen LogP contribution in [0.2, 0.25) is 0 Å². The first-order valence-electron chi connectivity index (χ1n) is 6.08. The molecule has 0 aliphatic heterocycles. The van der Waals surface area contributed by atoms with Crippen LogP contribution in [0, 0.1) is 0 Å². The molecule has 0 saturated heterocycles. The second-order valence-electron chi connectivity index (χ2n) is 4.57. The maximum Gasteiger partial charge on any atom is 0.253 e. The first-order valence-corrected chi connectivity index (χ1v) is 6.08. The van der Waals surface area contributed by atoms with Gasteiger partial charge in [-0.1, -0.05) is 6.07 Å². The summed E-state index contributed by atoms with van der Waals surface area (Å²) in [5.41, 5.74) is 2.64. The van der Waals surface area contributed by atoms with Crippen LogP contribution in [-0.4, -0.2) is 22.8 Å². The van der Waals surface area contributed by atoms with Crippen LogP contribution in [0.1, 0.15) is 15.9 Å². The predicted octanol–water partition coefficient (Wildman–Crippen LogP) is 3.03. The number of nitrogens with zero attached hydrogens (tertiary/aromatic N) is 1. The summed E-state index contributed by atoms with van der Waals surface area (Å²) >= 11 is 0. The van der Waals surface area contributed by atoms with Crippen molar-refractivity contribution in [2.45, 2.75) is 6.54 Å². The van der Waals surface area contributed by atoms with Crippen molar-refractivity contribution in [3.63, 3.8) is 0 Å². The zero-order chi connectivity index (χ0) is 13.2. The van der Waals surface area contributed by atoms with Crippen molar-refractivity contribution in [3.05, 3.63) is 60.2 Å². The molecule has 4 heteroatoms. The van der Waals surface area contributed by atoms with Crippen molar-refractivity contribution in [2.24, 2.45) is 0 Å². The number of furan rings is 1. The highest BCUT2D eigenvalue weighted by Gasteiger charge is 2.13. The van der Waals surface area contributed by atoms with E-state index in [2.05, 4.69) is 4.98 Å². The van der Waals surface area contributed by atoms with E-state index in [-0.39, 0.29) is 5.91 Å². The molecule has 19 heavy (non-hydrogen) atoms. The van der Waals surface area contributed by atoms with Gasteiger partial charge in [0.05, 0.1) is 12.5 Å². The molecule has 0 fully saturated rings. The second-order valence-corrected chi connectivity index (χ2v) is 4.57. The highest BCUT2D eigenvalue weighted by molar-refractivity contribution is 5.97. The normalized spacial score (nSPS) is 10.8. The minimum atomic E-state index is -0.00213. The van der Waals surface area contributed by atoms with Gasteiger partial charge < -0.3 is 14.3 Å². The number of aromatic amines is 1. The number of carbonyl (C=O) groups excluding carboxylic acids is 1. The number of aromatic nitrogens is 1. The Labute approximate surface area is 110 Å². The van der Waals surface area contributed by atoms with E-state index in [0.717, 1.165) is 16.5 Å². The molecule has 0 aliphatic rings. The molecule has 1 amide bonds. The zero-order valence-corrected chi connectivity index (χ0v) is 10.6. The monoisotopic (exact) mass is 254 g/mol. The summed E-state index contributed by atoms with van der Waals surface area (Å²) in [6.45, 7) is 0.540. The number of fused-ring (bicyclic) bond motifs is 1. The third-order valence-electron chi connectivity index (χ3n) is 3.15. The van der Waals surface area contributed by atoms with E-state index < -0.39 is 0 Å². The number of carbonyl (C=O) groups is 1. The van der Waals surface area contributed by atoms with Gasteiger partial charge in [-0.2, -0.15) is 0 Å². The van der Waals surface area contributed by atoms with Gasteiger partial charge >= 0.3 is 0 Å². The van der Waals surface area contributed by atoms with E-state index >= 15 is 0 Å². The number of nitrogens with one attached hydrogen (secondary N) is 1. The van der Waals surface area contributed by atoms with Crippen LogP contribution in [0.25, 0.3) is 10.9 Å². The molecule has 3 rings (SSSR count). The van der Waals surface area contributed by atoms with E-state index in [4.69, 9.17) is 4.42 Å². The first kappa shape index (κ1) is 11.6. The largest absolute Gasteiger partial charge is 0.472 e. The quantitative estimate of drug-likeness (QED) is 0.781. The molecule has 96 valence electrons. The Balaban J connectivity index is 1.82. The van der Waals surface area contributed by atoms with Crippen LogP contribution >= 0.6 is 0 Å². The number of H-pyrrole nitrogens is 1. The third-order valence-corrected chi connectivity index (χ3v) is 3.15. The zero-order valence-electron chi connectivity index (χ0n) is 10.6. The summed E-state index contributed by atoms with van der Waals surface area (Å²) in [6, 6.07) is 9.52. The first-order chi connectivity index (χ1) is 9.24. The van der Waals surface area contributed by atoms with Gasteiger partial charge in [0.15, 0.2) is 0 Å². The van der Waals surface area contributed by atoms with E-state index in [1.54, 1.807) is 24.5 Å². The molecule has 1 N–H and O–H groups in total. The molecule has 3 aromatic rings. The Hall–Kier alpha value is -2.49. The van der Waals surface area contributed by atoms with Gasteiger partial charge in [0, 0.05) is 36.4 Å². The number of benzene rings is 1. The SMILES string of the molecule is CN(Cc1ccoc1)C(=O)c1ccc2cc[nH]c2c1. The second kappa shape index (κ2) is 4.65. The van der Waals surface area contributed by atoms with Gasteiger partial charge in [0.25, 0.3) is 5.91 Å².